The lowest BCUT2D eigenvalue weighted by atomic mass is 9.98. The molecule has 0 fully saturated rings. The van der Waals surface area contributed by atoms with Gasteiger partial charge in [-0.15, -0.1) is 0 Å². The first-order valence-electron chi connectivity index (χ1n) is 11.2. The summed E-state index contributed by atoms with van der Waals surface area (Å²) >= 11 is 6.32. The van der Waals surface area contributed by atoms with Gasteiger partial charge in [-0.05, 0) is 67.2 Å². The first-order chi connectivity index (χ1) is 15.8. The second-order valence-corrected chi connectivity index (χ2v) is 8.20. The molecular formula is C26H30ClN3O3. The van der Waals surface area contributed by atoms with Crippen LogP contribution >= 0.6 is 11.6 Å². The van der Waals surface area contributed by atoms with Gasteiger partial charge >= 0.3 is 0 Å². The molecule has 7 heteroatoms. The monoisotopic (exact) mass is 467 g/mol. The third-order valence-corrected chi connectivity index (χ3v) is 5.80. The van der Waals surface area contributed by atoms with E-state index < -0.39 is 0 Å². The fourth-order valence-corrected chi connectivity index (χ4v) is 4.23. The van der Waals surface area contributed by atoms with Crippen LogP contribution in [0.15, 0.2) is 47.8 Å². The van der Waals surface area contributed by atoms with Crippen molar-refractivity contribution in [3.8, 4) is 5.75 Å². The van der Waals surface area contributed by atoms with E-state index in [1.165, 1.54) is 12.1 Å². The number of anilines is 1. The maximum absolute atomic E-state index is 13.1. The molecule has 0 spiro atoms. The molecule has 1 heterocycles. The number of allylic oxidation sites excluding steroid dienone is 2. The van der Waals surface area contributed by atoms with E-state index in [0.717, 1.165) is 36.8 Å². The second-order valence-electron chi connectivity index (χ2n) is 7.77. The van der Waals surface area contributed by atoms with Crippen molar-refractivity contribution in [3.63, 3.8) is 0 Å². The Morgan fingerprint density at radius 2 is 2.00 bits per heavy atom. The lowest BCUT2D eigenvalue weighted by Gasteiger charge is -2.17. The number of aliphatic hydroxyl groups is 1. The number of phenols is 1. The maximum atomic E-state index is 13.1. The molecule has 3 N–H and O–H groups in total. The van der Waals surface area contributed by atoms with Crippen LogP contribution in [-0.2, 0) is 13.6 Å². The van der Waals surface area contributed by atoms with Gasteiger partial charge in [0.1, 0.15) is 17.3 Å². The second kappa shape index (κ2) is 10.6. The Balaban J connectivity index is 0.00000149. The quantitative estimate of drug-likeness (QED) is 0.298. The molecule has 0 bridgehead atoms. The standard InChI is InChI=1S/C24H24ClN3O3.C2H6/c1-14(29)19-12-18(30)8-9-21(19)26-13-16-10-17(25)11-20-22(16)27-23(28(2)24(20)31)15-6-4-3-5-7-15;1-2/h6,8-12,26,29-30H,1,3-5,7,13H2,2H3;1-2H3. The highest BCUT2D eigenvalue weighted by atomic mass is 35.5. The summed E-state index contributed by atoms with van der Waals surface area (Å²) in [7, 11) is 1.74. The Morgan fingerprint density at radius 1 is 1.24 bits per heavy atom. The van der Waals surface area contributed by atoms with Crippen LogP contribution in [-0.4, -0.2) is 19.8 Å². The molecule has 0 aliphatic heterocycles. The zero-order valence-corrected chi connectivity index (χ0v) is 20.0. The number of fused-ring (bicyclic) bond motifs is 1. The largest absolute Gasteiger partial charge is 0.508 e. The van der Waals surface area contributed by atoms with Crippen LogP contribution in [0.5, 0.6) is 5.75 Å². The average molecular weight is 468 g/mol. The Labute approximate surface area is 198 Å². The van der Waals surface area contributed by atoms with Crippen molar-refractivity contribution in [2.45, 2.75) is 46.1 Å². The fourth-order valence-electron chi connectivity index (χ4n) is 3.99. The summed E-state index contributed by atoms with van der Waals surface area (Å²) < 4.78 is 1.60. The molecule has 1 aliphatic rings. The van der Waals surface area contributed by atoms with Crippen LogP contribution in [0.3, 0.4) is 0 Å². The van der Waals surface area contributed by atoms with Gasteiger partial charge in [-0.25, -0.2) is 4.98 Å². The third-order valence-electron chi connectivity index (χ3n) is 5.59. The number of hydrogen-bond donors (Lipinski definition) is 3. The molecule has 0 saturated carbocycles. The van der Waals surface area contributed by atoms with Gasteiger partial charge in [-0.1, -0.05) is 38.1 Å². The van der Waals surface area contributed by atoms with Crippen LogP contribution in [0, 0.1) is 0 Å². The van der Waals surface area contributed by atoms with E-state index >= 15 is 0 Å². The lowest BCUT2D eigenvalue weighted by molar-refractivity contribution is 0.473. The number of aromatic nitrogens is 2. The number of hydrogen-bond acceptors (Lipinski definition) is 5. The number of halogens is 1. The highest BCUT2D eigenvalue weighted by molar-refractivity contribution is 6.31. The average Bonchev–Trinajstić information content (AvgIpc) is 2.82. The fraction of sp³-hybridized carbons (Fsp3) is 0.308. The molecule has 1 aromatic heterocycles. The molecular weight excluding hydrogens is 438 g/mol. The highest BCUT2D eigenvalue weighted by Crippen LogP contribution is 2.29. The first kappa shape index (κ1) is 24.4. The van der Waals surface area contributed by atoms with E-state index in [1.54, 1.807) is 29.8 Å². The zero-order valence-electron chi connectivity index (χ0n) is 19.3. The molecule has 0 radical (unpaired) electrons. The minimum absolute atomic E-state index is 0.0273. The van der Waals surface area contributed by atoms with Crippen molar-refractivity contribution in [2.75, 3.05) is 5.32 Å². The number of benzene rings is 2. The highest BCUT2D eigenvalue weighted by Gasteiger charge is 2.17. The van der Waals surface area contributed by atoms with Gasteiger partial charge in [0.25, 0.3) is 5.56 Å². The Morgan fingerprint density at radius 3 is 2.67 bits per heavy atom. The molecule has 174 valence electrons. The molecule has 0 atom stereocenters. The third kappa shape index (κ3) is 5.22. The SMILES string of the molecule is C=C(O)c1cc(O)ccc1NCc1cc(Cl)cc2c(=O)n(C)c(C3=CCCCC3)nc12.CC. The number of rotatable bonds is 5. The summed E-state index contributed by atoms with van der Waals surface area (Å²) in [6, 6.07) is 8.05. The summed E-state index contributed by atoms with van der Waals surface area (Å²) in [5, 5.41) is 23.7. The van der Waals surface area contributed by atoms with Crippen molar-refractivity contribution < 1.29 is 10.2 Å². The predicted molar refractivity (Wildman–Crippen MR) is 137 cm³/mol. The summed E-state index contributed by atoms with van der Waals surface area (Å²) in [6.45, 7) is 7.87. The Kier molecular flexibility index (Phi) is 7.82. The Bertz CT molecular complexity index is 1280. The summed E-state index contributed by atoms with van der Waals surface area (Å²) in [6.07, 6.45) is 6.31. The lowest BCUT2D eigenvalue weighted by Crippen LogP contribution is -2.23. The van der Waals surface area contributed by atoms with Crippen LogP contribution in [0.25, 0.3) is 22.2 Å². The van der Waals surface area contributed by atoms with E-state index in [9.17, 15) is 15.0 Å². The molecule has 1 aliphatic carbocycles. The predicted octanol–water partition coefficient (Wildman–Crippen LogP) is 6.42. The molecule has 4 rings (SSSR count). The van der Waals surface area contributed by atoms with Gasteiger partial charge in [0.05, 0.1) is 10.9 Å². The molecule has 0 saturated heterocycles. The minimum atomic E-state index is -0.159. The minimum Gasteiger partial charge on any atom is -0.508 e. The van der Waals surface area contributed by atoms with Crippen LogP contribution in [0.2, 0.25) is 5.02 Å². The van der Waals surface area contributed by atoms with E-state index in [2.05, 4.69) is 18.0 Å². The molecule has 6 nitrogen and oxygen atoms in total. The van der Waals surface area contributed by atoms with Crippen molar-refractivity contribution >= 4 is 39.5 Å². The smallest absolute Gasteiger partial charge is 0.261 e. The van der Waals surface area contributed by atoms with Crippen molar-refractivity contribution in [3.05, 3.63) is 75.3 Å². The van der Waals surface area contributed by atoms with Crippen LogP contribution in [0.4, 0.5) is 5.69 Å². The number of aromatic hydroxyl groups is 1. The number of nitrogens with one attached hydrogen (secondary N) is 1. The van der Waals surface area contributed by atoms with E-state index in [0.29, 0.717) is 39.5 Å². The molecule has 0 unspecified atom stereocenters. The normalized spacial score (nSPS) is 13.2. The van der Waals surface area contributed by atoms with Crippen LogP contribution < -0.4 is 10.9 Å². The number of nitrogens with zero attached hydrogens (tertiary/aromatic N) is 2. The number of aliphatic hydroxyl groups excluding tert-OH is 1. The van der Waals surface area contributed by atoms with Crippen LogP contribution in [0.1, 0.15) is 56.5 Å². The first-order valence-corrected chi connectivity index (χ1v) is 11.6. The molecule has 3 aromatic rings. The van der Waals surface area contributed by atoms with E-state index in [4.69, 9.17) is 16.6 Å². The summed E-state index contributed by atoms with van der Waals surface area (Å²) in [4.78, 5) is 18.0. The van der Waals surface area contributed by atoms with E-state index in [1.807, 2.05) is 13.8 Å². The molecule has 0 amide bonds. The van der Waals surface area contributed by atoms with Crippen molar-refractivity contribution in [2.24, 2.45) is 7.05 Å². The van der Waals surface area contributed by atoms with Gasteiger partial charge in [0, 0.05) is 29.9 Å². The summed E-state index contributed by atoms with van der Waals surface area (Å²) in [5.41, 5.74) is 3.31. The van der Waals surface area contributed by atoms with Gasteiger partial charge in [-0.2, -0.15) is 0 Å². The Hall–Kier alpha value is -3.25. The maximum Gasteiger partial charge on any atom is 0.261 e. The van der Waals surface area contributed by atoms with Gasteiger partial charge in [0.2, 0.25) is 0 Å². The summed E-state index contributed by atoms with van der Waals surface area (Å²) in [5.74, 6) is 0.558. The van der Waals surface area contributed by atoms with Gasteiger partial charge < -0.3 is 15.5 Å². The van der Waals surface area contributed by atoms with Gasteiger partial charge in [-0.3, -0.25) is 9.36 Å². The topological polar surface area (TPSA) is 87.4 Å². The van der Waals surface area contributed by atoms with Crippen molar-refractivity contribution in [1.29, 1.82) is 0 Å². The molecule has 33 heavy (non-hydrogen) atoms. The van der Waals surface area contributed by atoms with Gasteiger partial charge in [0.15, 0.2) is 0 Å². The number of phenolic OH excluding ortho intramolecular Hbond substituents is 1. The van der Waals surface area contributed by atoms with E-state index in [-0.39, 0.29) is 17.1 Å². The zero-order chi connectivity index (χ0) is 24.1. The molecule has 2 aromatic carbocycles. The van der Waals surface area contributed by atoms with Crippen molar-refractivity contribution in [1.82, 2.24) is 9.55 Å².